The molecule has 1 unspecified atom stereocenters. The number of hydrogen-bond donors (Lipinski definition) is 1. The summed E-state index contributed by atoms with van der Waals surface area (Å²) in [4.78, 5) is 13.0. The maximum Gasteiger partial charge on any atom is 0.412 e. The van der Waals surface area contributed by atoms with E-state index in [9.17, 15) is 18.0 Å². The standard InChI is InChI=1S/C10H15F3N2O2/c1-17-6-8(14)9(16)15-4-2-7(3-5-15)10(11,12)13/h2,8H,3-6,14H2,1H3. The van der Waals surface area contributed by atoms with Crippen LogP contribution in [0.5, 0.6) is 0 Å². The van der Waals surface area contributed by atoms with E-state index in [2.05, 4.69) is 0 Å². The average molecular weight is 252 g/mol. The van der Waals surface area contributed by atoms with Crippen molar-refractivity contribution in [3.05, 3.63) is 11.6 Å². The van der Waals surface area contributed by atoms with Crippen molar-refractivity contribution in [1.29, 1.82) is 0 Å². The number of carbonyl (C=O) groups excluding carboxylic acids is 1. The summed E-state index contributed by atoms with van der Waals surface area (Å²) in [5, 5.41) is 0. The van der Waals surface area contributed by atoms with E-state index in [1.165, 1.54) is 12.0 Å². The van der Waals surface area contributed by atoms with Crippen molar-refractivity contribution in [1.82, 2.24) is 4.90 Å². The summed E-state index contributed by atoms with van der Waals surface area (Å²) in [7, 11) is 1.41. The lowest BCUT2D eigenvalue weighted by Gasteiger charge is -2.29. The number of ether oxygens (including phenoxy) is 1. The molecule has 0 bridgehead atoms. The van der Waals surface area contributed by atoms with Crippen LogP contribution in [0.15, 0.2) is 11.6 Å². The summed E-state index contributed by atoms with van der Waals surface area (Å²) < 4.78 is 41.7. The molecule has 0 aromatic rings. The van der Waals surface area contributed by atoms with Crippen molar-refractivity contribution in [2.24, 2.45) is 5.73 Å². The first-order valence-electron chi connectivity index (χ1n) is 5.15. The third-order valence-corrected chi connectivity index (χ3v) is 2.55. The third kappa shape index (κ3) is 3.71. The van der Waals surface area contributed by atoms with Crippen molar-refractivity contribution >= 4 is 5.91 Å². The number of amides is 1. The van der Waals surface area contributed by atoms with Crippen LogP contribution >= 0.6 is 0 Å². The number of rotatable bonds is 3. The van der Waals surface area contributed by atoms with Gasteiger partial charge in [-0.1, -0.05) is 6.08 Å². The molecule has 0 saturated heterocycles. The van der Waals surface area contributed by atoms with Gasteiger partial charge in [0, 0.05) is 25.8 Å². The number of methoxy groups -OCH3 is 1. The summed E-state index contributed by atoms with van der Waals surface area (Å²) in [5.74, 6) is -0.385. The fourth-order valence-corrected chi connectivity index (χ4v) is 1.61. The molecule has 2 N–H and O–H groups in total. The van der Waals surface area contributed by atoms with Crippen LogP contribution in [0.1, 0.15) is 6.42 Å². The summed E-state index contributed by atoms with van der Waals surface area (Å²) >= 11 is 0. The first kappa shape index (κ1) is 14.0. The predicted octanol–water partition coefficient (Wildman–Crippen LogP) is 0.681. The molecule has 0 radical (unpaired) electrons. The summed E-state index contributed by atoms with van der Waals surface area (Å²) in [5.41, 5.74) is 4.94. The number of nitrogens with two attached hydrogens (primary N) is 1. The third-order valence-electron chi connectivity index (χ3n) is 2.55. The van der Waals surface area contributed by atoms with Crippen molar-refractivity contribution < 1.29 is 22.7 Å². The van der Waals surface area contributed by atoms with Crippen molar-refractivity contribution in [2.75, 3.05) is 26.8 Å². The number of alkyl halides is 3. The Balaban J connectivity index is 2.57. The highest BCUT2D eigenvalue weighted by molar-refractivity contribution is 5.82. The minimum atomic E-state index is -4.30. The fourth-order valence-electron chi connectivity index (χ4n) is 1.61. The normalized spacial score (nSPS) is 18.9. The Labute approximate surface area is 97.2 Å². The van der Waals surface area contributed by atoms with Crippen LogP contribution in [0.2, 0.25) is 0 Å². The van der Waals surface area contributed by atoms with E-state index in [0.717, 1.165) is 6.08 Å². The highest BCUT2D eigenvalue weighted by Gasteiger charge is 2.35. The molecule has 0 aliphatic carbocycles. The lowest BCUT2D eigenvalue weighted by molar-refractivity contribution is -0.134. The molecule has 1 aliphatic rings. The Morgan fingerprint density at radius 3 is 2.71 bits per heavy atom. The van der Waals surface area contributed by atoms with Crippen molar-refractivity contribution in [3.63, 3.8) is 0 Å². The van der Waals surface area contributed by atoms with E-state index in [-0.39, 0.29) is 32.0 Å². The highest BCUT2D eigenvalue weighted by atomic mass is 19.4. The quantitative estimate of drug-likeness (QED) is 0.751. The van der Waals surface area contributed by atoms with E-state index in [1.54, 1.807) is 0 Å². The molecule has 1 aliphatic heterocycles. The van der Waals surface area contributed by atoms with Gasteiger partial charge >= 0.3 is 6.18 Å². The SMILES string of the molecule is COCC(N)C(=O)N1CC=C(C(F)(F)F)CC1. The maximum absolute atomic E-state index is 12.3. The van der Waals surface area contributed by atoms with Gasteiger partial charge in [0.1, 0.15) is 6.04 Å². The Kier molecular flexibility index (Phi) is 4.53. The molecule has 0 spiro atoms. The van der Waals surface area contributed by atoms with Gasteiger partial charge in [-0.15, -0.1) is 0 Å². The molecule has 0 aromatic heterocycles. The van der Waals surface area contributed by atoms with Gasteiger partial charge in [-0.25, -0.2) is 0 Å². The van der Waals surface area contributed by atoms with Gasteiger partial charge in [0.25, 0.3) is 0 Å². The maximum atomic E-state index is 12.3. The lowest BCUT2D eigenvalue weighted by Crippen LogP contribution is -2.48. The molecule has 1 heterocycles. The predicted molar refractivity (Wildman–Crippen MR) is 55.2 cm³/mol. The van der Waals surface area contributed by atoms with E-state index in [0.29, 0.717) is 0 Å². The number of halogens is 3. The Morgan fingerprint density at radius 1 is 1.65 bits per heavy atom. The minimum Gasteiger partial charge on any atom is -0.383 e. The van der Waals surface area contributed by atoms with Gasteiger partial charge in [0.2, 0.25) is 5.91 Å². The van der Waals surface area contributed by atoms with Crippen LogP contribution in [0.3, 0.4) is 0 Å². The first-order chi connectivity index (χ1) is 7.86. The molecule has 98 valence electrons. The number of hydrogen-bond acceptors (Lipinski definition) is 3. The molecule has 1 rings (SSSR count). The molecule has 17 heavy (non-hydrogen) atoms. The second kappa shape index (κ2) is 5.50. The molecule has 0 fully saturated rings. The van der Waals surface area contributed by atoms with E-state index < -0.39 is 17.8 Å². The summed E-state index contributed by atoms with van der Waals surface area (Å²) in [6.45, 7) is 0.0534. The van der Waals surface area contributed by atoms with E-state index in [1.807, 2.05) is 0 Å². The van der Waals surface area contributed by atoms with Crippen LogP contribution in [0.25, 0.3) is 0 Å². The molecule has 0 aromatic carbocycles. The van der Waals surface area contributed by atoms with Crippen LogP contribution < -0.4 is 5.73 Å². The average Bonchev–Trinajstić information content (AvgIpc) is 2.27. The Hall–Kier alpha value is -1.08. The molecule has 7 heteroatoms. The second-order valence-corrected chi connectivity index (χ2v) is 3.82. The Bertz CT molecular complexity index is 315. The first-order valence-corrected chi connectivity index (χ1v) is 5.15. The monoisotopic (exact) mass is 252 g/mol. The van der Waals surface area contributed by atoms with E-state index in [4.69, 9.17) is 10.5 Å². The molecule has 1 amide bonds. The van der Waals surface area contributed by atoms with Crippen LogP contribution in [0, 0.1) is 0 Å². The summed E-state index contributed by atoms with van der Waals surface area (Å²) in [6.07, 6.45) is -3.46. The lowest BCUT2D eigenvalue weighted by atomic mass is 10.1. The van der Waals surface area contributed by atoms with Gasteiger partial charge < -0.3 is 15.4 Å². The molecule has 0 saturated carbocycles. The highest BCUT2D eigenvalue weighted by Crippen LogP contribution is 2.30. The van der Waals surface area contributed by atoms with Gasteiger partial charge in [-0.3, -0.25) is 4.79 Å². The number of carbonyl (C=O) groups is 1. The molecule has 4 nitrogen and oxygen atoms in total. The van der Waals surface area contributed by atoms with Crippen LogP contribution in [-0.4, -0.2) is 49.8 Å². The summed E-state index contributed by atoms with van der Waals surface area (Å²) in [6, 6.07) is -0.819. The molecule has 1 atom stereocenters. The minimum absolute atomic E-state index is 0.0432. The zero-order valence-electron chi connectivity index (χ0n) is 9.46. The topological polar surface area (TPSA) is 55.6 Å². The Morgan fingerprint density at radius 2 is 2.29 bits per heavy atom. The van der Waals surface area contributed by atoms with Crippen LogP contribution in [-0.2, 0) is 9.53 Å². The fraction of sp³-hybridized carbons (Fsp3) is 0.700. The van der Waals surface area contributed by atoms with Crippen LogP contribution in [0.4, 0.5) is 13.2 Å². The van der Waals surface area contributed by atoms with Crippen molar-refractivity contribution in [3.8, 4) is 0 Å². The zero-order chi connectivity index (χ0) is 13.1. The molecular weight excluding hydrogens is 237 g/mol. The second-order valence-electron chi connectivity index (χ2n) is 3.82. The zero-order valence-corrected chi connectivity index (χ0v) is 9.46. The number of nitrogens with zero attached hydrogens (tertiary/aromatic N) is 1. The molecular formula is C10H15F3N2O2. The van der Waals surface area contributed by atoms with Crippen molar-refractivity contribution in [2.45, 2.75) is 18.6 Å². The largest absolute Gasteiger partial charge is 0.412 e. The van der Waals surface area contributed by atoms with Gasteiger partial charge in [0.15, 0.2) is 0 Å². The smallest absolute Gasteiger partial charge is 0.383 e. The van der Waals surface area contributed by atoms with Gasteiger partial charge in [0.05, 0.1) is 6.61 Å². The van der Waals surface area contributed by atoms with Gasteiger partial charge in [-0.05, 0) is 6.42 Å². The van der Waals surface area contributed by atoms with E-state index >= 15 is 0 Å². The van der Waals surface area contributed by atoms with Gasteiger partial charge in [-0.2, -0.15) is 13.2 Å².